The maximum absolute atomic E-state index is 13.4. The largest absolute Gasteiger partial charge is 0.351 e. The molecule has 1 aliphatic heterocycles. The second kappa shape index (κ2) is 9.29. The molecule has 0 fully saturated rings. The number of halogens is 1. The fraction of sp³-hybridized carbons (Fsp3) is 0.364. The number of amides is 1. The van der Waals surface area contributed by atoms with Gasteiger partial charge in [-0.1, -0.05) is 55.8 Å². The van der Waals surface area contributed by atoms with Gasteiger partial charge in [-0.15, -0.1) is 0 Å². The molecule has 2 aromatic rings. The molecule has 0 saturated carbocycles. The molecular formula is C22H25ClN2O4S. The molecule has 0 bridgehead atoms. The van der Waals surface area contributed by atoms with Gasteiger partial charge in [-0.05, 0) is 36.1 Å². The summed E-state index contributed by atoms with van der Waals surface area (Å²) in [5.74, 6) is -0.531. The van der Waals surface area contributed by atoms with Crippen molar-refractivity contribution in [1.29, 1.82) is 0 Å². The first-order valence-corrected chi connectivity index (χ1v) is 11.7. The molecule has 0 radical (unpaired) electrons. The van der Waals surface area contributed by atoms with Gasteiger partial charge in [0.05, 0.1) is 4.90 Å². The van der Waals surface area contributed by atoms with Crippen LogP contribution in [0.5, 0.6) is 0 Å². The predicted octanol–water partition coefficient (Wildman–Crippen LogP) is 3.65. The molecule has 0 aromatic heterocycles. The molecule has 1 N–H and O–H groups in total. The zero-order valence-electron chi connectivity index (χ0n) is 17.0. The summed E-state index contributed by atoms with van der Waals surface area (Å²) in [4.78, 5) is 25.5. The van der Waals surface area contributed by atoms with Crippen molar-refractivity contribution in [2.45, 2.75) is 44.2 Å². The van der Waals surface area contributed by atoms with E-state index < -0.39 is 16.1 Å². The molecule has 0 spiro atoms. The van der Waals surface area contributed by atoms with Gasteiger partial charge in [0, 0.05) is 30.1 Å². The predicted molar refractivity (Wildman–Crippen MR) is 116 cm³/mol. The number of carbonyl (C=O) groups excluding carboxylic acids is 2. The number of Topliss-reactive ketones (excluding diaryl/α,β-unsaturated/α-hetero) is 1. The van der Waals surface area contributed by atoms with Gasteiger partial charge in [-0.2, -0.15) is 4.31 Å². The van der Waals surface area contributed by atoms with Crippen LogP contribution in [0.25, 0.3) is 0 Å². The molecule has 1 atom stereocenters. The van der Waals surface area contributed by atoms with E-state index in [1.807, 2.05) is 13.8 Å². The molecule has 1 heterocycles. The summed E-state index contributed by atoms with van der Waals surface area (Å²) in [6, 6.07) is 12.4. The van der Waals surface area contributed by atoms with Gasteiger partial charge in [0.1, 0.15) is 6.04 Å². The van der Waals surface area contributed by atoms with Crippen molar-refractivity contribution >= 4 is 33.3 Å². The van der Waals surface area contributed by atoms with E-state index in [4.69, 9.17) is 11.6 Å². The second-order valence-corrected chi connectivity index (χ2v) is 10.1. The standard InChI is InChI=1S/C22H25ClN2O4S/c1-15(2)13-19(22(27)24-14-16-7-9-17(23)10-8-16)25-12-11-20(26)18-5-3-4-6-21(18)30(25,28)29/h3-10,15,19H,11-14H2,1-2H3,(H,24,27)/t19-/m0/s1. The second-order valence-electron chi connectivity index (χ2n) is 7.77. The molecule has 0 unspecified atom stereocenters. The number of hydrogen-bond acceptors (Lipinski definition) is 4. The molecule has 6 nitrogen and oxygen atoms in total. The van der Waals surface area contributed by atoms with Crippen LogP contribution in [-0.2, 0) is 21.4 Å². The molecule has 0 saturated heterocycles. The van der Waals surface area contributed by atoms with Crippen LogP contribution in [0.1, 0.15) is 42.6 Å². The summed E-state index contributed by atoms with van der Waals surface area (Å²) in [5, 5.41) is 3.44. The Morgan fingerprint density at radius 1 is 1.13 bits per heavy atom. The van der Waals surface area contributed by atoms with E-state index >= 15 is 0 Å². The fourth-order valence-corrected chi connectivity index (χ4v) is 5.49. The number of ketones is 1. The zero-order chi connectivity index (χ0) is 21.9. The Balaban J connectivity index is 1.89. The summed E-state index contributed by atoms with van der Waals surface area (Å²) >= 11 is 5.90. The SMILES string of the molecule is CC(C)C[C@@H](C(=O)NCc1ccc(Cl)cc1)N1CCC(=O)c2ccccc2S1(=O)=O. The van der Waals surface area contributed by atoms with Crippen molar-refractivity contribution in [3.8, 4) is 0 Å². The summed E-state index contributed by atoms with van der Waals surface area (Å²) in [7, 11) is -4.00. The van der Waals surface area contributed by atoms with Crippen molar-refractivity contribution in [2.75, 3.05) is 6.54 Å². The van der Waals surface area contributed by atoms with E-state index in [9.17, 15) is 18.0 Å². The van der Waals surface area contributed by atoms with Crippen molar-refractivity contribution in [3.63, 3.8) is 0 Å². The van der Waals surface area contributed by atoms with E-state index in [1.54, 1.807) is 36.4 Å². The number of rotatable bonds is 6. The van der Waals surface area contributed by atoms with Gasteiger partial charge in [0.25, 0.3) is 0 Å². The molecule has 30 heavy (non-hydrogen) atoms. The zero-order valence-corrected chi connectivity index (χ0v) is 18.5. The van der Waals surface area contributed by atoms with E-state index in [0.717, 1.165) is 5.56 Å². The van der Waals surface area contributed by atoms with Crippen LogP contribution >= 0.6 is 11.6 Å². The van der Waals surface area contributed by atoms with Crippen molar-refractivity contribution in [1.82, 2.24) is 9.62 Å². The first-order chi connectivity index (χ1) is 14.2. The molecule has 0 aliphatic carbocycles. The Morgan fingerprint density at radius 3 is 2.47 bits per heavy atom. The third-order valence-electron chi connectivity index (χ3n) is 5.06. The third kappa shape index (κ3) is 4.91. The average molecular weight is 449 g/mol. The lowest BCUT2D eigenvalue weighted by atomic mass is 10.0. The maximum Gasteiger partial charge on any atom is 0.244 e. The number of nitrogens with zero attached hydrogens (tertiary/aromatic N) is 1. The minimum absolute atomic E-state index is 0.0262. The normalized spacial score (nSPS) is 17.3. The molecule has 1 aliphatic rings. The van der Waals surface area contributed by atoms with Crippen LogP contribution in [0.3, 0.4) is 0 Å². The highest BCUT2D eigenvalue weighted by Crippen LogP contribution is 2.29. The highest BCUT2D eigenvalue weighted by Gasteiger charge is 2.40. The van der Waals surface area contributed by atoms with E-state index in [2.05, 4.69) is 5.32 Å². The minimum atomic E-state index is -4.00. The van der Waals surface area contributed by atoms with Gasteiger partial charge in [-0.25, -0.2) is 8.42 Å². The van der Waals surface area contributed by atoms with Crippen LogP contribution in [0.15, 0.2) is 53.4 Å². The topological polar surface area (TPSA) is 83.6 Å². The van der Waals surface area contributed by atoms with Gasteiger partial charge in [0.15, 0.2) is 5.78 Å². The summed E-state index contributed by atoms with van der Waals surface area (Å²) in [6.45, 7) is 4.10. The van der Waals surface area contributed by atoms with Crippen molar-refractivity contribution in [2.24, 2.45) is 5.92 Å². The Morgan fingerprint density at radius 2 is 1.80 bits per heavy atom. The molecule has 8 heteroatoms. The first kappa shape index (κ1) is 22.5. The molecule has 1 amide bonds. The average Bonchev–Trinajstić information content (AvgIpc) is 2.80. The number of fused-ring (bicyclic) bond motifs is 1. The van der Waals surface area contributed by atoms with E-state index in [-0.39, 0.29) is 47.6 Å². The number of carbonyl (C=O) groups is 2. The lowest BCUT2D eigenvalue weighted by Crippen LogP contribution is -2.50. The first-order valence-electron chi connectivity index (χ1n) is 9.86. The third-order valence-corrected chi connectivity index (χ3v) is 7.28. The number of benzene rings is 2. The number of hydrogen-bond donors (Lipinski definition) is 1. The van der Waals surface area contributed by atoms with E-state index in [1.165, 1.54) is 16.4 Å². The Labute approximate surface area is 182 Å². The molecule has 160 valence electrons. The van der Waals surface area contributed by atoms with Gasteiger partial charge >= 0.3 is 0 Å². The summed E-state index contributed by atoms with van der Waals surface area (Å²) in [5.41, 5.74) is 1.04. The Kier molecular flexibility index (Phi) is 6.95. The molecule has 2 aromatic carbocycles. The summed E-state index contributed by atoms with van der Waals surface area (Å²) in [6.07, 6.45) is 0.386. The number of sulfonamides is 1. The number of nitrogens with one attached hydrogen (secondary N) is 1. The smallest absolute Gasteiger partial charge is 0.244 e. The monoisotopic (exact) mass is 448 g/mol. The van der Waals surface area contributed by atoms with Crippen molar-refractivity contribution < 1.29 is 18.0 Å². The van der Waals surface area contributed by atoms with Gasteiger partial charge < -0.3 is 5.32 Å². The van der Waals surface area contributed by atoms with Gasteiger partial charge in [0.2, 0.25) is 15.9 Å². The van der Waals surface area contributed by atoms with Crippen molar-refractivity contribution in [3.05, 3.63) is 64.7 Å². The lowest BCUT2D eigenvalue weighted by molar-refractivity contribution is -0.125. The van der Waals surface area contributed by atoms with Crippen LogP contribution in [0.4, 0.5) is 0 Å². The highest BCUT2D eigenvalue weighted by atomic mass is 35.5. The van der Waals surface area contributed by atoms with Crippen LogP contribution in [-0.4, -0.2) is 37.0 Å². The summed E-state index contributed by atoms with van der Waals surface area (Å²) < 4.78 is 28.0. The lowest BCUT2D eigenvalue weighted by Gasteiger charge is -2.30. The van der Waals surface area contributed by atoms with E-state index in [0.29, 0.717) is 11.4 Å². The minimum Gasteiger partial charge on any atom is -0.351 e. The Bertz CT molecular complexity index is 1040. The molecule has 3 rings (SSSR count). The van der Waals surface area contributed by atoms with Crippen LogP contribution < -0.4 is 5.32 Å². The fourth-order valence-electron chi connectivity index (χ4n) is 3.55. The van der Waals surface area contributed by atoms with Crippen LogP contribution in [0.2, 0.25) is 5.02 Å². The quantitative estimate of drug-likeness (QED) is 0.731. The Hall–Kier alpha value is -2.22. The maximum atomic E-state index is 13.4. The van der Waals surface area contributed by atoms with Gasteiger partial charge in [-0.3, -0.25) is 9.59 Å². The highest BCUT2D eigenvalue weighted by molar-refractivity contribution is 7.89. The van der Waals surface area contributed by atoms with Crippen LogP contribution in [0, 0.1) is 5.92 Å². The molecular weight excluding hydrogens is 424 g/mol.